The van der Waals surface area contributed by atoms with Crippen molar-refractivity contribution in [2.75, 3.05) is 0 Å². The molecule has 0 amide bonds. The Kier molecular flexibility index (Phi) is 5.50. The first-order valence-corrected chi connectivity index (χ1v) is 2.63. The summed E-state index contributed by atoms with van der Waals surface area (Å²) in [5, 5.41) is 0. The van der Waals surface area contributed by atoms with Crippen LogP contribution in [0.2, 0.25) is 0 Å². The van der Waals surface area contributed by atoms with E-state index in [1.165, 1.54) is 0 Å². The van der Waals surface area contributed by atoms with Crippen LogP contribution in [0.3, 0.4) is 0 Å². The van der Waals surface area contributed by atoms with Crippen molar-refractivity contribution < 1.29 is 4.79 Å². The van der Waals surface area contributed by atoms with Gasteiger partial charge in [-0.3, -0.25) is 0 Å². The van der Waals surface area contributed by atoms with Crippen molar-refractivity contribution in [1.82, 2.24) is 0 Å². The van der Waals surface area contributed by atoms with E-state index in [0.29, 0.717) is 6.42 Å². The standard InChI is InChI=1S/C7H10O/c1-2-3-4-5-6-7-8/h2-4,7H,1,5-6H2/b4-3+. The predicted molar refractivity (Wildman–Crippen MR) is 34.6 cm³/mol. The molecule has 0 aromatic carbocycles. The summed E-state index contributed by atoms with van der Waals surface area (Å²) in [5.74, 6) is 0. The molecule has 1 nitrogen and oxygen atoms in total. The molecular weight excluding hydrogens is 100 g/mol. The third kappa shape index (κ3) is 5.15. The number of carbonyl (C=O) groups is 1. The van der Waals surface area contributed by atoms with Crippen LogP contribution in [0.4, 0.5) is 0 Å². The predicted octanol–water partition coefficient (Wildman–Crippen LogP) is 1.71. The van der Waals surface area contributed by atoms with Gasteiger partial charge in [0.25, 0.3) is 0 Å². The average Bonchev–Trinajstić information content (AvgIpc) is 1.81. The Bertz CT molecular complexity index is 92.6. The minimum Gasteiger partial charge on any atom is -0.303 e. The van der Waals surface area contributed by atoms with Gasteiger partial charge in [0.15, 0.2) is 0 Å². The first-order valence-electron chi connectivity index (χ1n) is 2.63. The minimum atomic E-state index is 0.615. The van der Waals surface area contributed by atoms with Crippen molar-refractivity contribution >= 4 is 6.29 Å². The number of unbranched alkanes of at least 4 members (excludes halogenated alkanes) is 1. The van der Waals surface area contributed by atoms with Crippen LogP contribution >= 0.6 is 0 Å². The van der Waals surface area contributed by atoms with E-state index in [0.717, 1.165) is 12.7 Å². The van der Waals surface area contributed by atoms with E-state index < -0.39 is 0 Å². The second kappa shape index (κ2) is 6.15. The van der Waals surface area contributed by atoms with E-state index in [-0.39, 0.29) is 0 Å². The molecule has 0 aliphatic rings. The Morgan fingerprint density at radius 1 is 1.38 bits per heavy atom. The fourth-order valence-corrected chi connectivity index (χ4v) is 0.357. The fraction of sp³-hybridized carbons (Fsp3) is 0.286. The molecule has 1 heteroatoms. The smallest absolute Gasteiger partial charge is 0.120 e. The lowest BCUT2D eigenvalue weighted by atomic mass is 10.3. The molecule has 0 radical (unpaired) electrons. The van der Waals surface area contributed by atoms with Crippen LogP contribution in [-0.2, 0) is 4.79 Å². The van der Waals surface area contributed by atoms with Gasteiger partial charge < -0.3 is 4.79 Å². The van der Waals surface area contributed by atoms with Gasteiger partial charge in [-0.05, 0) is 6.42 Å². The highest BCUT2D eigenvalue weighted by atomic mass is 16.1. The Morgan fingerprint density at radius 2 is 2.12 bits per heavy atom. The highest BCUT2D eigenvalue weighted by molar-refractivity contribution is 5.49. The Balaban J connectivity index is 3.02. The second-order valence-corrected chi connectivity index (χ2v) is 1.41. The number of carbonyl (C=O) groups excluding carboxylic acids is 1. The van der Waals surface area contributed by atoms with Crippen LogP contribution in [0.25, 0.3) is 0 Å². The molecule has 0 bridgehead atoms. The lowest BCUT2D eigenvalue weighted by Gasteiger charge is -1.77. The van der Waals surface area contributed by atoms with Crippen molar-refractivity contribution in [2.24, 2.45) is 0 Å². The summed E-state index contributed by atoms with van der Waals surface area (Å²) < 4.78 is 0. The Hall–Kier alpha value is -0.850. The molecule has 0 atom stereocenters. The Labute approximate surface area is 49.7 Å². The highest BCUT2D eigenvalue weighted by Crippen LogP contribution is 1.85. The summed E-state index contributed by atoms with van der Waals surface area (Å²) in [6, 6.07) is 0. The molecule has 0 aliphatic heterocycles. The molecular formula is C7H10O. The van der Waals surface area contributed by atoms with Gasteiger partial charge in [0.1, 0.15) is 6.29 Å². The molecule has 0 aromatic rings. The topological polar surface area (TPSA) is 17.1 Å². The summed E-state index contributed by atoms with van der Waals surface area (Å²) in [4.78, 5) is 9.71. The monoisotopic (exact) mass is 110 g/mol. The van der Waals surface area contributed by atoms with Crippen molar-refractivity contribution in [2.45, 2.75) is 12.8 Å². The maximum absolute atomic E-state index is 9.71. The molecule has 0 N–H and O–H groups in total. The summed E-state index contributed by atoms with van der Waals surface area (Å²) in [5.41, 5.74) is 0. The van der Waals surface area contributed by atoms with E-state index in [1.54, 1.807) is 6.08 Å². The molecule has 0 spiro atoms. The number of hydrogen-bond acceptors (Lipinski definition) is 1. The van der Waals surface area contributed by atoms with Crippen molar-refractivity contribution in [3.8, 4) is 0 Å². The molecule has 0 unspecified atom stereocenters. The molecule has 0 saturated heterocycles. The summed E-state index contributed by atoms with van der Waals surface area (Å²) >= 11 is 0. The van der Waals surface area contributed by atoms with Gasteiger partial charge in [0.05, 0.1) is 0 Å². The third-order valence-electron chi connectivity index (χ3n) is 0.723. The molecule has 44 valence electrons. The Morgan fingerprint density at radius 3 is 2.62 bits per heavy atom. The molecule has 8 heavy (non-hydrogen) atoms. The van der Waals surface area contributed by atoms with Crippen LogP contribution in [0.1, 0.15) is 12.8 Å². The second-order valence-electron chi connectivity index (χ2n) is 1.41. The number of hydrogen-bond donors (Lipinski definition) is 0. The van der Waals surface area contributed by atoms with E-state index in [2.05, 4.69) is 6.58 Å². The first-order chi connectivity index (χ1) is 3.91. The van der Waals surface area contributed by atoms with Crippen LogP contribution in [0, 0.1) is 0 Å². The molecule has 0 heterocycles. The largest absolute Gasteiger partial charge is 0.303 e. The van der Waals surface area contributed by atoms with Gasteiger partial charge in [0.2, 0.25) is 0 Å². The fourth-order valence-electron chi connectivity index (χ4n) is 0.357. The minimum absolute atomic E-state index is 0.615. The zero-order valence-corrected chi connectivity index (χ0v) is 4.84. The maximum Gasteiger partial charge on any atom is 0.120 e. The number of aldehydes is 1. The molecule has 0 fully saturated rings. The lowest BCUT2D eigenvalue weighted by molar-refractivity contribution is -0.107. The van der Waals surface area contributed by atoms with Gasteiger partial charge in [-0.2, -0.15) is 0 Å². The van der Waals surface area contributed by atoms with E-state index in [1.807, 2.05) is 12.2 Å². The number of allylic oxidation sites excluding steroid dienone is 3. The average molecular weight is 110 g/mol. The van der Waals surface area contributed by atoms with Gasteiger partial charge in [-0.15, -0.1) is 0 Å². The molecule has 0 saturated carbocycles. The van der Waals surface area contributed by atoms with Gasteiger partial charge in [-0.25, -0.2) is 0 Å². The van der Waals surface area contributed by atoms with Crippen LogP contribution in [-0.4, -0.2) is 6.29 Å². The molecule has 0 aliphatic carbocycles. The van der Waals surface area contributed by atoms with Crippen molar-refractivity contribution in [3.05, 3.63) is 24.8 Å². The third-order valence-corrected chi connectivity index (χ3v) is 0.723. The van der Waals surface area contributed by atoms with Crippen LogP contribution < -0.4 is 0 Å². The van der Waals surface area contributed by atoms with Crippen LogP contribution in [0.15, 0.2) is 24.8 Å². The maximum atomic E-state index is 9.71. The van der Waals surface area contributed by atoms with E-state index in [4.69, 9.17) is 0 Å². The quantitative estimate of drug-likeness (QED) is 0.306. The normalized spacial score (nSPS) is 9.50. The summed E-state index contributed by atoms with van der Waals surface area (Å²) in [7, 11) is 0. The van der Waals surface area contributed by atoms with Gasteiger partial charge in [-0.1, -0.05) is 24.8 Å². The van der Waals surface area contributed by atoms with Gasteiger partial charge in [0, 0.05) is 6.42 Å². The summed E-state index contributed by atoms with van der Waals surface area (Å²) in [6.45, 7) is 3.48. The molecule has 0 aromatic heterocycles. The van der Waals surface area contributed by atoms with Gasteiger partial charge >= 0.3 is 0 Å². The molecule has 0 rings (SSSR count). The van der Waals surface area contributed by atoms with Crippen molar-refractivity contribution in [1.29, 1.82) is 0 Å². The summed E-state index contributed by atoms with van der Waals surface area (Å²) in [6.07, 6.45) is 7.81. The van der Waals surface area contributed by atoms with E-state index >= 15 is 0 Å². The van der Waals surface area contributed by atoms with Crippen LogP contribution in [0.5, 0.6) is 0 Å². The highest BCUT2D eigenvalue weighted by Gasteiger charge is 1.73. The zero-order valence-electron chi connectivity index (χ0n) is 4.84. The zero-order chi connectivity index (χ0) is 6.24. The first kappa shape index (κ1) is 7.15. The van der Waals surface area contributed by atoms with Crippen molar-refractivity contribution in [3.63, 3.8) is 0 Å². The SMILES string of the molecule is C=C/C=C/CCC=O. The number of rotatable bonds is 4. The lowest BCUT2D eigenvalue weighted by Crippen LogP contribution is -1.68. The van der Waals surface area contributed by atoms with E-state index in [9.17, 15) is 4.79 Å².